The van der Waals surface area contributed by atoms with Gasteiger partial charge in [-0.1, -0.05) is 30.3 Å². The van der Waals surface area contributed by atoms with Crippen LogP contribution in [0.5, 0.6) is 11.5 Å². The van der Waals surface area contributed by atoms with Gasteiger partial charge in [-0.25, -0.2) is 0 Å². The lowest BCUT2D eigenvalue weighted by atomic mass is 9.74. The van der Waals surface area contributed by atoms with Gasteiger partial charge in [0, 0.05) is 79.3 Å². The fraction of sp³-hybridized carbons (Fsp3) is 0.355. The number of anilines is 2. The molecule has 0 bridgehead atoms. The lowest BCUT2D eigenvalue weighted by molar-refractivity contribution is -0.108. The van der Waals surface area contributed by atoms with Crippen LogP contribution in [-0.2, 0) is 10.3 Å². The number of hydrogen-bond acceptors (Lipinski definition) is 5. The number of aldehydes is 1. The molecule has 2 aliphatic rings. The molecule has 0 unspecified atom stereocenters. The Morgan fingerprint density at radius 1 is 0.784 bits per heavy atom. The van der Waals surface area contributed by atoms with Crippen LogP contribution in [0.2, 0.25) is 0 Å². The summed E-state index contributed by atoms with van der Waals surface area (Å²) in [6.07, 6.45) is 1.15. The lowest BCUT2D eigenvalue weighted by Crippen LogP contribution is -2.47. The molecule has 37 heavy (non-hydrogen) atoms. The number of benzene rings is 3. The Labute approximate surface area is 219 Å². The van der Waals surface area contributed by atoms with Gasteiger partial charge in [-0.2, -0.15) is 0 Å². The van der Waals surface area contributed by atoms with Crippen LogP contribution >= 0.6 is 0 Å². The summed E-state index contributed by atoms with van der Waals surface area (Å²) >= 11 is 0. The number of carbonyl (C=O) groups is 2. The van der Waals surface area contributed by atoms with Gasteiger partial charge in [0.2, 0.25) is 0 Å². The van der Waals surface area contributed by atoms with Gasteiger partial charge in [-0.15, -0.1) is 0 Å². The summed E-state index contributed by atoms with van der Waals surface area (Å²) in [7, 11) is 0. The van der Waals surface area contributed by atoms with Crippen LogP contribution in [0.3, 0.4) is 0 Å². The monoisotopic (exact) mass is 497 g/mol. The molecular weight excluding hydrogens is 462 g/mol. The summed E-state index contributed by atoms with van der Waals surface area (Å²) in [5.41, 5.74) is 4.75. The Kier molecular flexibility index (Phi) is 6.67. The Morgan fingerprint density at radius 3 is 1.84 bits per heavy atom. The summed E-state index contributed by atoms with van der Waals surface area (Å²) in [6.45, 7) is 12.4. The van der Waals surface area contributed by atoms with Gasteiger partial charge in [0.15, 0.2) is 0 Å². The number of hydrogen-bond donors (Lipinski definition) is 0. The van der Waals surface area contributed by atoms with Crippen LogP contribution < -0.4 is 14.5 Å². The molecule has 0 saturated carbocycles. The maximum Gasteiger partial charge on any atom is 0.255 e. The zero-order valence-electron chi connectivity index (χ0n) is 22.2. The quantitative estimate of drug-likeness (QED) is 0.349. The van der Waals surface area contributed by atoms with Crippen molar-refractivity contribution in [3.05, 3.63) is 82.9 Å². The fourth-order valence-electron chi connectivity index (χ4n) is 6.08. The third kappa shape index (κ3) is 3.69. The maximum absolute atomic E-state index is 13.9. The van der Waals surface area contributed by atoms with Gasteiger partial charge in [0.25, 0.3) is 5.91 Å². The van der Waals surface area contributed by atoms with Gasteiger partial charge in [-0.3, -0.25) is 4.79 Å². The molecule has 192 valence electrons. The van der Waals surface area contributed by atoms with E-state index in [4.69, 9.17) is 4.74 Å². The topological polar surface area (TPSA) is 53.1 Å². The van der Waals surface area contributed by atoms with Gasteiger partial charge in [-0.05, 0) is 51.5 Å². The molecule has 3 aromatic rings. The van der Waals surface area contributed by atoms with Crippen molar-refractivity contribution in [3.63, 3.8) is 0 Å². The first-order valence-electron chi connectivity index (χ1n) is 13.4. The molecule has 1 spiro atoms. The Morgan fingerprint density at radius 2 is 1.32 bits per heavy atom. The molecule has 0 fully saturated rings. The number of amides is 1. The van der Waals surface area contributed by atoms with E-state index in [1.54, 1.807) is 0 Å². The second-order valence-electron chi connectivity index (χ2n) is 9.48. The van der Waals surface area contributed by atoms with Crippen LogP contribution in [0.1, 0.15) is 61.2 Å². The van der Waals surface area contributed by atoms with Crippen LogP contribution in [0.15, 0.2) is 60.7 Å². The van der Waals surface area contributed by atoms with E-state index in [1.807, 2.05) is 29.2 Å². The molecule has 0 aliphatic carbocycles. The van der Waals surface area contributed by atoms with Crippen LogP contribution in [0, 0.1) is 0 Å². The summed E-state index contributed by atoms with van der Waals surface area (Å²) in [5.74, 6) is 1.43. The highest BCUT2D eigenvalue weighted by atomic mass is 16.5. The third-order valence-electron chi connectivity index (χ3n) is 7.85. The van der Waals surface area contributed by atoms with E-state index in [2.05, 4.69) is 73.9 Å². The van der Waals surface area contributed by atoms with Crippen molar-refractivity contribution >= 4 is 23.6 Å². The first-order valence-corrected chi connectivity index (χ1v) is 13.4. The average molecular weight is 498 g/mol. The van der Waals surface area contributed by atoms with Gasteiger partial charge in [0.05, 0.1) is 0 Å². The highest BCUT2D eigenvalue weighted by Gasteiger charge is 2.56. The summed E-state index contributed by atoms with van der Waals surface area (Å²) in [4.78, 5) is 31.8. The molecule has 6 nitrogen and oxygen atoms in total. The van der Waals surface area contributed by atoms with Crippen molar-refractivity contribution in [2.24, 2.45) is 0 Å². The maximum atomic E-state index is 13.9. The first kappa shape index (κ1) is 24.9. The smallest absolute Gasteiger partial charge is 0.255 e. The van der Waals surface area contributed by atoms with Gasteiger partial charge in [0.1, 0.15) is 23.3 Å². The highest BCUT2D eigenvalue weighted by molar-refractivity contribution is 6.02. The normalized spacial score (nSPS) is 14.6. The van der Waals surface area contributed by atoms with Crippen LogP contribution in [0.25, 0.3) is 0 Å². The molecule has 0 atom stereocenters. The average Bonchev–Trinajstić information content (AvgIpc) is 3.17. The summed E-state index contributed by atoms with van der Waals surface area (Å²) in [6, 6.07) is 20.5. The minimum Gasteiger partial charge on any atom is -0.456 e. The minimum atomic E-state index is -0.872. The van der Waals surface area contributed by atoms with E-state index in [9.17, 15) is 9.59 Å². The lowest BCUT2D eigenvalue weighted by Gasteiger charge is -2.44. The molecule has 0 aromatic heterocycles. The molecule has 3 aromatic carbocycles. The van der Waals surface area contributed by atoms with E-state index in [0.29, 0.717) is 12.1 Å². The molecule has 0 radical (unpaired) electrons. The van der Waals surface area contributed by atoms with E-state index in [1.165, 1.54) is 0 Å². The Hall–Kier alpha value is -3.80. The standard InChI is InChI=1S/C31H35N3O3/c1-5-32(6-2)22-14-16-26-28(20-22)37-29-21-23(33(7-3)8-4)15-17-27(29)31(26)25-13-10-9-12-24(25)30(36)34(31)18-11-19-35/h9-10,12-17,19-21H,5-8,11,18H2,1-4H3. The van der Waals surface area contributed by atoms with Crippen LogP contribution in [-0.4, -0.2) is 49.8 Å². The molecule has 6 heteroatoms. The van der Waals surface area contributed by atoms with E-state index in [-0.39, 0.29) is 12.3 Å². The second-order valence-corrected chi connectivity index (χ2v) is 9.48. The van der Waals surface area contributed by atoms with E-state index < -0.39 is 5.54 Å². The zero-order valence-corrected chi connectivity index (χ0v) is 22.2. The van der Waals surface area contributed by atoms with E-state index >= 15 is 0 Å². The predicted molar refractivity (Wildman–Crippen MR) is 148 cm³/mol. The highest BCUT2D eigenvalue weighted by Crippen LogP contribution is 2.58. The van der Waals surface area contributed by atoms with Crippen molar-refractivity contribution in [2.45, 2.75) is 39.7 Å². The second kappa shape index (κ2) is 9.92. The molecule has 2 aliphatic heterocycles. The third-order valence-corrected chi connectivity index (χ3v) is 7.85. The van der Waals surface area contributed by atoms with Gasteiger partial charge >= 0.3 is 0 Å². The molecule has 0 saturated heterocycles. The van der Waals surface area contributed by atoms with E-state index in [0.717, 1.165) is 72.0 Å². The van der Waals surface area contributed by atoms with Gasteiger partial charge < -0.3 is 24.2 Å². The number of rotatable bonds is 9. The SMILES string of the molecule is CCN(CC)c1ccc2c(c1)Oc1cc(N(CC)CC)ccc1C21c2ccccc2C(=O)N1CCC=O. The van der Waals surface area contributed by atoms with Crippen molar-refractivity contribution in [2.75, 3.05) is 42.5 Å². The molecule has 5 rings (SSSR count). The number of fused-ring (bicyclic) bond motifs is 6. The Balaban J connectivity index is 1.82. The van der Waals surface area contributed by atoms with Crippen molar-refractivity contribution in [1.29, 1.82) is 0 Å². The summed E-state index contributed by atoms with van der Waals surface area (Å²) < 4.78 is 6.67. The number of carbonyl (C=O) groups excluding carboxylic acids is 2. The van der Waals surface area contributed by atoms with Crippen molar-refractivity contribution < 1.29 is 14.3 Å². The fourth-order valence-corrected chi connectivity index (χ4v) is 6.08. The zero-order chi connectivity index (χ0) is 26.2. The number of nitrogens with zero attached hydrogens (tertiary/aromatic N) is 3. The largest absolute Gasteiger partial charge is 0.456 e. The molecule has 2 heterocycles. The predicted octanol–water partition coefficient (Wildman–Crippen LogP) is 5.82. The number of ether oxygens (including phenoxy) is 1. The van der Waals surface area contributed by atoms with Crippen molar-refractivity contribution in [1.82, 2.24) is 4.90 Å². The molecule has 0 N–H and O–H groups in total. The molecular formula is C31H35N3O3. The first-order chi connectivity index (χ1) is 18.0. The van der Waals surface area contributed by atoms with Crippen molar-refractivity contribution in [3.8, 4) is 11.5 Å². The minimum absolute atomic E-state index is 0.0584. The molecule has 1 amide bonds. The van der Waals surface area contributed by atoms with Crippen LogP contribution in [0.4, 0.5) is 11.4 Å². The summed E-state index contributed by atoms with van der Waals surface area (Å²) in [5, 5.41) is 0. The Bertz CT molecular complexity index is 1270.